The zero-order valence-electron chi connectivity index (χ0n) is 6.02. The van der Waals surface area contributed by atoms with Crippen LogP contribution in [0, 0.1) is 0 Å². The Morgan fingerprint density at radius 3 is 2.17 bits per heavy atom. The molecule has 0 aliphatic carbocycles. The maximum absolute atomic E-state index is 10.5. The van der Waals surface area contributed by atoms with E-state index in [4.69, 9.17) is 5.11 Å². The van der Waals surface area contributed by atoms with Gasteiger partial charge in [-0.3, -0.25) is 0 Å². The highest BCUT2D eigenvalue weighted by Gasteiger charge is 2.02. The lowest BCUT2D eigenvalue weighted by Gasteiger charge is -1.91. The van der Waals surface area contributed by atoms with Gasteiger partial charge in [-0.1, -0.05) is 6.58 Å². The molecule has 0 heterocycles. The molecule has 5 heteroatoms. The van der Waals surface area contributed by atoms with Gasteiger partial charge < -0.3 is 9.84 Å². The van der Waals surface area contributed by atoms with E-state index in [9.17, 15) is 14.4 Å². The average molecular weight is 170 g/mol. The summed E-state index contributed by atoms with van der Waals surface area (Å²) in [4.78, 5) is 30.7. The first-order valence-electron chi connectivity index (χ1n) is 2.85. The van der Waals surface area contributed by atoms with Crippen LogP contribution in [0.4, 0.5) is 0 Å². The molecule has 0 saturated heterocycles. The molecule has 0 saturated carbocycles. The summed E-state index contributed by atoms with van der Waals surface area (Å²) in [5, 5.41) is 8.05. The Kier molecular flexibility index (Phi) is 4.07. The smallest absolute Gasteiger partial charge is 0.338 e. The summed E-state index contributed by atoms with van der Waals surface area (Å²) in [6.07, 6.45) is 1.99. The maximum atomic E-state index is 10.5. The van der Waals surface area contributed by atoms with Gasteiger partial charge in [0.2, 0.25) is 0 Å². The first kappa shape index (κ1) is 10.1. The quantitative estimate of drug-likeness (QED) is 0.363. The number of carbonyl (C=O) groups excluding carboxylic acids is 2. The van der Waals surface area contributed by atoms with Gasteiger partial charge >= 0.3 is 17.9 Å². The number of carboxylic acid groups (broad SMARTS) is 1. The Morgan fingerprint density at radius 2 is 1.75 bits per heavy atom. The van der Waals surface area contributed by atoms with E-state index >= 15 is 0 Å². The van der Waals surface area contributed by atoms with Crippen LogP contribution in [0.3, 0.4) is 0 Å². The van der Waals surface area contributed by atoms with Gasteiger partial charge in [0.05, 0.1) is 0 Å². The summed E-state index contributed by atoms with van der Waals surface area (Å²) < 4.78 is 4.00. The highest BCUT2D eigenvalue weighted by Crippen LogP contribution is 1.84. The van der Waals surface area contributed by atoms with Gasteiger partial charge in [0, 0.05) is 18.2 Å². The third-order valence-electron chi connectivity index (χ3n) is 0.730. The molecule has 0 fully saturated rings. The fraction of sp³-hybridized carbons (Fsp3) is 0. The second kappa shape index (κ2) is 4.84. The van der Waals surface area contributed by atoms with E-state index < -0.39 is 17.9 Å². The number of carboxylic acids is 1. The lowest BCUT2D eigenvalue weighted by atomic mass is 10.5. The largest absolute Gasteiger partial charge is 0.478 e. The fourth-order valence-corrected chi connectivity index (χ4v) is 0.314. The summed E-state index contributed by atoms with van der Waals surface area (Å²) in [5.41, 5.74) is 0. The Bertz CT molecular complexity index is 251. The fourth-order valence-electron chi connectivity index (χ4n) is 0.314. The van der Waals surface area contributed by atoms with Crippen molar-refractivity contribution < 1.29 is 24.2 Å². The summed E-state index contributed by atoms with van der Waals surface area (Å²) in [7, 11) is 0. The predicted octanol–water partition coefficient (Wildman–Crippen LogP) is -0.117. The van der Waals surface area contributed by atoms with Crippen molar-refractivity contribution in [1.29, 1.82) is 0 Å². The third kappa shape index (κ3) is 4.92. The number of rotatable bonds is 3. The molecule has 0 bridgehead atoms. The van der Waals surface area contributed by atoms with Gasteiger partial charge in [-0.25, -0.2) is 14.4 Å². The van der Waals surface area contributed by atoms with Crippen molar-refractivity contribution in [2.45, 2.75) is 0 Å². The van der Waals surface area contributed by atoms with Crippen LogP contribution in [0.5, 0.6) is 0 Å². The summed E-state index contributed by atoms with van der Waals surface area (Å²) in [6, 6.07) is 0. The minimum Gasteiger partial charge on any atom is -0.478 e. The normalized spacial score (nSPS) is 9.33. The number of carbonyl (C=O) groups is 3. The van der Waals surface area contributed by atoms with Crippen LogP contribution in [0.1, 0.15) is 0 Å². The molecule has 0 amide bonds. The predicted molar refractivity (Wildman–Crippen MR) is 38.1 cm³/mol. The molecule has 0 radical (unpaired) electrons. The first-order valence-corrected chi connectivity index (χ1v) is 2.85. The first-order chi connectivity index (χ1) is 5.56. The molecule has 5 nitrogen and oxygen atoms in total. The van der Waals surface area contributed by atoms with Gasteiger partial charge in [-0.05, 0) is 0 Å². The van der Waals surface area contributed by atoms with Gasteiger partial charge in [-0.2, -0.15) is 0 Å². The van der Waals surface area contributed by atoms with Gasteiger partial charge in [-0.15, -0.1) is 0 Å². The molecular formula is C7H6O5. The lowest BCUT2D eigenvalue weighted by Crippen LogP contribution is -2.07. The van der Waals surface area contributed by atoms with E-state index in [0.29, 0.717) is 12.2 Å². The molecule has 0 rings (SSSR count). The average Bonchev–Trinajstić information content (AvgIpc) is 2.00. The Balaban J connectivity index is 3.98. The molecule has 0 unspecified atom stereocenters. The van der Waals surface area contributed by atoms with Crippen molar-refractivity contribution in [3.05, 3.63) is 24.8 Å². The van der Waals surface area contributed by atoms with Crippen LogP contribution < -0.4 is 0 Å². The molecule has 0 spiro atoms. The van der Waals surface area contributed by atoms with Crippen LogP contribution in [0.15, 0.2) is 24.8 Å². The number of hydrogen-bond donors (Lipinski definition) is 1. The zero-order valence-corrected chi connectivity index (χ0v) is 6.02. The molecule has 0 aliphatic rings. The number of esters is 2. The zero-order chi connectivity index (χ0) is 9.56. The van der Waals surface area contributed by atoms with Crippen LogP contribution in [0.25, 0.3) is 0 Å². The van der Waals surface area contributed by atoms with Gasteiger partial charge in [0.1, 0.15) is 0 Å². The highest BCUT2D eigenvalue weighted by atomic mass is 16.6. The summed E-state index contributed by atoms with van der Waals surface area (Å²) in [5.74, 6) is -3.25. The molecule has 1 N–H and O–H groups in total. The third-order valence-corrected chi connectivity index (χ3v) is 0.730. The number of ether oxygens (including phenoxy) is 1. The maximum Gasteiger partial charge on any atom is 0.338 e. The topological polar surface area (TPSA) is 80.7 Å². The van der Waals surface area contributed by atoms with Crippen molar-refractivity contribution in [2.24, 2.45) is 0 Å². The molecule has 0 aliphatic heterocycles. The van der Waals surface area contributed by atoms with Crippen molar-refractivity contribution in [2.75, 3.05) is 0 Å². The summed E-state index contributed by atoms with van der Waals surface area (Å²) >= 11 is 0. The number of hydrogen-bond acceptors (Lipinski definition) is 4. The van der Waals surface area contributed by atoms with E-state index in [2.05, 4.69) is 11.3 Å². The minimum absolute atomic E-state index is 0.568. The van der Waals surface area contributed by atoms with Crippen molar-refractivity contribution in [3.8, 4) is 0 Å². The van der Waals surface area contributed by atoms with E-state index in [1.54, 1.807) is 0 Å². The molecule has 12 heavy (non-hydrogen) atoms. The second-order valence-electron chi connectivity index (χ2n) is 1.62. The van der Waals surface area contributed by atoms with Crippen LogP contribution >= 0.6 is 0 Å². The molecule has 0 atom stereocenters. The lowest BCUT2D eigenvalue weighted by molar-refractivity contribution is -0.152. The molecule has 0 aromatic heterocycles. The Hall–Kier alpha value is -1.91. The van der Waals surface area contributed by atoms with Crippen LogP contribution in [-0.4, -0.2) is 23.0 Å². The van der Waals surface area contributed by atoms with E-state index in [0.717, 1.165) is 6.08 Å². The second-order valence-corrected chi connectivity index (χ2v) is 1.62. The standard InChI is InChI=1S/C7H6O5/c1-2-6(10)12-7(11)4-3-5(8)9/h2-4H,1H2,(H,8,9)/b4-3+. The SMILES string of the molecule is C=CC(=O)OC(=O)/C=C/C(=O)O. The van der Waals surface area contributed by atoms with Gasteiger partial charge in [0.15, 0.2) is 0 Å². The summed E-state index contributed by atoms with van der Waals surface area (Å²) in [6.45, 7) is 3.04. The molecule has 0 aromatic carbocycles. The van der Waals surface area contributed by atoms with Crippen LogP contribution in [-0.2, 0) is 19.1 Å². The highest BCUT2D eigenvalue weighted by molar-refractivity contribution is 5.98. The van der Waals surface area contributed by atoms with Crippen molar-refractivity contribution in [3.63, 3.8) is 0 Å². The Labute approximate surface area is 67.9 Å². The number of aliphatic carboxylic acids is 1. The molecule has 0 aromatic rings. The van der Waals surface area contributed by atoms with E-state index in [-0.39, 0.29) is 0 Å². The van der Waals surface area contributed by atoms with E-state index in [1.165, 1.54) is 0 Å². The minimum atomic E-state index is -1.29. The molecular weight excluding hydrogens is 164 g/mol. The Morgan fingerprint density at radius 1 is 1.17 bits per heavy atom. The van der Waals surface area contributed by atoms with Crippen molar-refractivity contribution in [1.82, 2.24) is 0 Å². The van der Waals surface area contributed by atoms with Crippen molar-refractivity contribution >= 4 is 17.9 Å². The van der Waals surface area contributed by atoms with Crippen LogP contribution in [0.2, 0.25) is 0 Å². The molecule has 64 valence electrons. The van der Waals surface area contributed by atoms with E-state index in [1.807, 2.05) is 0 Å². The monoisotopic (exact) mass is 170 g/mol. The van der Waals surface area contributed by atoms with Gasteiger partial charge in [0.25, 0.3) is 0 Å².